The maximum Gasteiger partial charge on any atom is 0.230 e. The number of hydrogen-bond donors (Lipinski definition) is 1. The predicted octanol–water partition coefficient (Wildman–Crippen LogP) is 3.73. The van der Waals surface area contributed by atoms with E-state index in [1.165, 1.54) is 17.7 Å². The molecule has 0 unspecified atom stereocenters. The summed E-state index contributed by atoms with van der Waals surface area (Å²) in [5.74, 6) is -0.319. The molecule has 0 heterocycles. The van der Waals surface area contributed by atoms with Gasteiger partial charge in [0.25, 0.3) is 0 Å². The molecule has 0 spiro atoms. The first-order valence-corrected chi connectivity index (χ1v) is 6.99. The van der Waals surface area contributed by atoms with Crippen LogP contribution < -0.4 is 5.32 Å². The van der Waals surface area contributed by atoms with Crippen LogP contribution in [0.2, 0.25) is 0 Å². The zero-order chi connectivity index (χ0) is 15.5. The Kier molecular flexibility index (Phi) is 4.41. The first-order chi connectivity index (χ1) is 9.89. The van der Waals surface area contributed by atoms with E-state index in [1.54, 1.807) is 12.1 Å². The summed E-state index contributed by atoms with van der Waals surface area (Å²) in [5.41, 5.74) is 2.42. The van der Waals surface area contributed by atoms with Crippen molar-refractivity contribution in [2.75, 3.05) is 0 Å². The van der Waals surface area contributed by atoms with Gasteiger partial charge in [0.1, 0.15) is 5.82 Å². The molecule has 0 fully saturated rings. The van der Waals surface area contributed by atoms with Gasteiger partial charge in [0.05, 0.1) is 5.41 Å². The fourth-order valence-electron chi connectivity index (χ4n) is 2.11. The molecule has 0 aliphatic heterocycles. The van der Waals surface area contributed by atoms with Crippen LogP contribution in [0.4, 0.5) is 4.39 Å². The summed E-state index contributed by atoms with van der Waals surface area (Å²) in [6.07, 6.45) is 0. The molecule has 2 nitrogen and oxygen atoms in total. The Morgan fingerprint density at radius 2 is 1.62 bits per heavy atom. The molecule has 2 aromatic rings. The Morgan fingerprint density at radius 1 is 1.05 bits per heavy atom. The van der Waals surface area contributed by atoms with Crippen LogP contribution >= 0.6 is 0 Å². The van der Waals surface area contributed by atoms with E-state index in [4.69, 9.17) is 0 Å². The number of rotatable bonds is 4. The zero-order valence-electron chi connectivity index (χ0n) is 12.6. The Hall–Kier alpha value is -2.16. The highest BCUT2D eigenvalue weighted by Crippen LogP contribution is 2.23. The number of carbonyl (C=O) groups excluding carboxylic acids is 1. The molecule has 0 aliphatic rings. The molecule has 0 bridgehead atoms. The first kappa shape index (κ1) is 15.2. The van der Waals surface area contributed by atoms with Crippen molar-refractivity contribution in [2.45, 2.75) is 32.7 Å². The van der Waals surface area contributed by atoms with Crippen LogP contribution in [-0.4, -0.2) is 5.91 Å². The fourth-order valence-corrected chi connectivity index (χ4v) is 2.11. The van der Waals surface area contributed by atoms with Crippen molar-refractivity contribution in [1.82, 2.24) is 5.32 Å². The lowest BCUT2D eigenvalue weighted by molar-refractivity contribution is -0.125. The van der Waals surface area contributed by atoms with Crippen LogP contribution in [0.1, 0.15) is 30.5 Å². The molecule has 110 valence electrons. The zero-order valence-corrected chi connectivity index (χ0v) is 12.6. The average Bonchev–Trinajstić information content (AvgIpc) is 2.46. The molecule has 1 N–H and O–H groups in total. The number of hydrogen-bond acceptors (Lipinski definition) is 1. The van der Waals surface area contributed by atoms with Crippen molar-refractivity contribution in [2.24, 2.45) is 0 Å². The number of carbonyl (C=O) groups is 1. The normalized spacial score (nSPS) is 11.2. The van der Waals surface area contributed by atoms with Gasteiger partial charge in [-0.1, -0.05) is 42.0 Å². The molecule has 2 rings (SSSR count). The summed E-state index contributed by atoms with van der Waals surface area (Å²) < 4.78 is 12.8. The van der Waals surface area contributed by atoms with E-state index in [2.05, 4.69) is 5.32 Å². The number of nitrogens with one attached hydrogen (secondary N) is 1. The van der Waals surface area contributed by atoms with Gasteiger partial charge in [-0.3, -0.25) is 4.79 Å². The van der Waals surface area contributed by atoms with E-state index in [1.807, 2.05) is 45.0 Å². The van der Waals surface area contributed by atoms with E-state index >= 15 is 0 Å². The third-order valence-electron chi connectivity index (χ3n) is 3.71. The Balaban J connectivity index is 2.04. The van der Waals surface area contributed by atoms with Gasteiger partial charge in [-0.05, 0) is 44.0 Å². The predicted molar refractivity (Wildman–Crippen MR) is 82.5 cm³/mol. The lowest BCUT2D eigenvalue weighted by Gasteiger charge is -2.24. The highest BCUT2D eigenvalue weighted by atomic mass is 19.1. The van der Waals surface area contributed by atoms with Crippen molar-refractivity contribution in [3.8, 4) is 0 Å². The summed E-state index contributed by atoms with van der Waals surface area (Å²) in [6.45, 7) is 6.22. The van der Waals surface area contributed by atoms with Crippen LogP contribution in [0.3, 0.4) is 0 Å². The molecule has 0 radical (unpaired) electrons. The SMILES string of the molecule is Cc1ccc(C(C)(C)C(=O)NCc2ccc(F)cc2)cc1. The minimum absolute atomic E-state index is 0.0457. The van der Waals surface area contributed by atoms with Crippen molar-refractivity contribution in [3.05, 3.63) is 71.0 Å². The lowest BCUT2D eigenvalue weighted by atomic mass is 9.83. The Labute approximate surface area is 125 Å². The summed E-state index contributed by atoms with van der Waals surface area (Å²) in [7, 11) is 0. The van der Waals surface area contributed by atoms with Crippen molar-refractivity contribution >= 4 is 5.91 Å². The van der Waals surface area contributed by atoms with Gasteiger partial charge < -0.3 is 5.32 Å². The van der Waals surface area contributed by atoms with E-state index in [0.717, 1.165) is 11.1 Å². The largest absolute Gasteiger partial charge is 0.351 e. The maximum absolute atomic E-state index is 12.8. The lowest BCUT2D eigenvalue weighted by Crippen LogP contribution is -2.39. The van der Waals surface area contributed by atoms with Crippen molar-refractivity contribution in [1.29, 1.82) is 0 Å². The second kappa shape index (κ2) is 6.08. The third kappa shape index (κ3) is 3.69. The smallest absolute Gasteiger partial charge is 0.230 e. The standard InChI is InChI=1S/C18H20FNO/c1-13-4-8-15(9-5-13)18(2,3)17(21)20-12-14-6-10-16(19)11-7-14/h4-11H,12H2,1-3H3,(H,20,21). The number of amides is 1. The van der Waals surface area contributed by atoms with Crippen molar-refractivity contribution in [3.63, 3.8) is 0 Å². The van der Waals surface area contributed by atoms with Crippen LogP contribution in [0.5, 0.6) is 0 Å². The van der Waals surface area contributed by atoms with Crippen LogP contribution in [0, 0.1) is 12.7 Å². The molecule has 1 amide bonds. The molecule has 0 aliphatic carbocycles. The minimum atomic E-state index is -0.603. The van der Waals surface area contributed by atoms with Crippen molar-refractivity contribution < 1.29 is 9.18 Å². The monoisotopic (exact) mass is 285 g/mol. The quantitative estimate of drug-likeness (QED) is 0.911. The molecular formula is C18H20FNO. The van der Waals surface area contributed by atoms with E-state index in [9.17, 15) is 9.18 Å². The average molecular weight is 285 g/mol. The van der Waals surface area contributed by atoms with Crippen LogP contribution in [0.25, 0.3) is 0 Å². The highest BCUT2D eigenvalue weighted by Gasteiger charge is 2.29. The molecule has 21 heavy (non-hydrogen) atoms. The molecule has 3 heteroatoms. The van der Waals surface area contributed by atoms with Gasteiger partial charge in [0, 0.05) is 6.54 Å². The van der Waals surface area contributed by atoms with Crippen LogP contribution in [-0.2, 0) is 16.8 Å². The van der Waals surface area contributed by atoms with E-state index < -0.39 is 5.41 Å². The summed E-state index contributed by atoms with van der Waals surface area (Å²) >= 11 is 0. The van der Waals surface area contributed by atoms with Gasteiger partial charge >= 0.3 is 0 Å². The molecule has 0 aromatic heterocycles. The second-order valence-corrected chi connectivity index (χ2v) is 5.80. The molecule has 0 atom stereocenters. The molecule has 0 saturated carbocycles. The molecule has 0 saturated heterocycles. The maximum atomic E-state index is 12.8. The van der Waals surface area contributed by atoms with E-state index in [0.29, 0.717) is 6.54 Å². The van der Waals surface area contributed by atoms with Gasteiger partial charge in [-0.15, -0.1) is 0 Å². The van der Waals surface area contributed by atoms with E-state index in [-0.39, 0.29) is 11.7 Å². The van der Waals surface area contributed by atoms with Gasteiger partial charge in [-0.25, -0.2) is 4.39 Å². The topological polar surface area (TPSA) is 29.1 Å². The Bertz CT molecular complexity index is 615. The second-order valence-electron chi connectivity index (χ2n) is 5.80. The highest BCUT2D eigenvalue weighted by molar-refractivity contribution is 5.87. The summed E-state index contributed by atoms with van der Waals surface area (Å²) in [4.78, 5) is 12.4. The molecule has 2 aromatic carbocycles. The van der Waals surface area contributed by atoms with Gasteiger partial charge in [0.15, 0.2) is 0 Å². The third-order valence-corrected chi connectivity index (χ3v) is 3.71. The van der Waals surface area contributed by atoms with Gasteiger partial charge in [-0.2, -0.15) is 0 Å². The number of aryl methyl sites for hydroxylation is 1. The summed E-state index contributed by atoms with van der Waals surface area (Å²) in [5, 5.41) is 2.91. The molecular weight excluding hydrogens is 265 g/mol. The number of benzene rings is 2. The summed E-state index contributed by atoms with van der Waals surface area (Å²) in [6, 6.07) is 14.1. The van der Waals surface area contributed by atoms with Gasteiger partial charge in [0.2, 0.25) is 5.91 Å². The minimum Gasteiger partial charge on any atom is -0.351 e. The first-order valence-electron chi connectivity index (χ1n) is 6.99. The Morgan fingerprint density at radius 3 is 2.19 bits per heavy atom. The fraction of sp³-hybridized carbons (Fsp3) is 0.278. The van der Waals surface area contributed by atoms with Crippen LogP contribution in [0.15, 0.2) is 48.5 Å². The number of halogens is 1.